The number of fused-ring (bicyclic) bond motifs is 2. The summed E-state index contributed by atoms with van der Waals surface area (Å²) >= 11 is 0. The van der Waals surface area contributed by atoms with Crippen molar-refractivity contribution in [2.75, 3.05) is 11.9 Å². The van der Waals surface area contributed by atoms with E-state index in [2.05, 4.69) is 5.32 Å². The van der Waals surface area contributed by atoms with Crippen molar-refractivity contribution in [2.24, 2.45) is 0 Å². The van der Waals surface area contributed by atoms with E-state index in [0.717, 1.165) is 54.3 Å². The molecular formula is C24H21N3O3. The fourth-order valence-corrected chi connectivity index (χ4v) is 3.81. The number of para-hydroxylation sites is 1. The zero-order valence-corrected chi connectivity index (χ0v) is 16.5. The summed E-state index contributed by atoms with van der Waals surface area (Å²) < 4.78 is 5.39. The first-order valence-corrected chi connectivity index (χ1v) is 10.0. The number of aromatic nitrogens is 1. The zero-order valence-electron chi connectivity index (χ0n) is 16.5. The fraction of sp³-hybridized carbons (Fsp3) is 0.250. The van der Waals surface area contributed by atoms with E-state index in [-0.39, 0.29) is 6.61 Å². The third kappa shape index (κ3) is 4.15. The van der Waals surface area contributed by atoms with Crippen LogP contribution in [0.15, 0.2) is 48.5 Å². The molecule has 1 aromatic heterocycles. The standard InChI is InChI=1S/C24H21N3O3/c25-14-16-10-12-17(13-11-16)26-22(28)15-30-24(29)23-18-6-2-1-3-8-20(18)27-21-9-5-4-7-19(21)23/h4-5,7,9-13H,1-3,6,8,15H2,(H,26,28). The number of rotatable bonds is 4. The molecule has 4 rings (SSSR count). The number of nitriles is 1. The number of amides is 1. The number of esters is 1. The Bertz CT molecular complexity index is 1150. The third-order valence-electron chi connectivity index (χ3n) is 5.26. The van der Waals surface area contributed by atoms with Gasteiger partial charge in [-0.1, -0.05) is 24.6 Å². The molecule has 30 heavy (non-hydrogen) atoms. The lowest BCUT2D eigenvalue weighted by Gasteiger charge is -2.15. The van der Waals surface area contributed by atoms with Gasteiger partial charge in [0.15, 0.2) is 6.61 Å². The molecule has 1 N–H and O–H groups in total. The van der Waals surface area contributed by atoms with E-state index >= 15 is 0 Å². The minimum atomic E-state index is -0.498. The van der Waals surface area contributed by atoms with Gasteiger partial charge in [-0.05, 0) is 61.6 Å². The number of pyridine rings is 1. The number of nitrogens with one attached hydrogen (secondary N) is 1. The molecule has 0 atom stereocenters. The highest BCUT2D eigenvalue weighted by Crippen LogP contribution is 2.29. The van der Waals surface area contributed by atoms with Crippen molar-refractivity contribution < 1.29 is 14.3 Å². The van der Waals surface area contributed by atoms with Crippen LogP contribution in [-0.4, -0.2) is 23.5 Å². The van der Waals surface area contributed by atoms with Crippen molar-refractivity contribution in [1.82, 2.24) is 4.98 Å². The molecule has 0 aliphatic heterocycles. The first kappa shape index (κ1) is 19.6. The Morgan fingerprint density at radius 2 is 1.80 bits per heavy atom. The molecule has 0 unspecified atom stereocenters. The van der Waals surface area contributed by atoms with Gasteiger partial charge in [-0.25, -0.2) is 4.79 Å². The van der Waals surface area contributed by atoms with Crippen molar-refractivity contribution in [3.8, 4) is 6.07 Å². The molecule has 1 aliphatic carbocycles. The zero-order chi connectivity index (χ0) is 20.9. The highest BCUT2D eigenvalue weighted by atomic mass is 16.5. The van der Waals surface area contributed by atoms with Gasteiger partial charge in [-0.2, -0.15) is 5.26 Å². The van der Waals surface area contributed by atoms with Gasteiger partial charge in [-0.15, -0.1) is 0 Å². The Kier molecular flexibility index (Phi) is 5.71. The Labute approximate surface area is 174 Å². The monoisotopic (exact) mass is 399 g/mol. The van der Waals surface area contributed by atoms with Gasteiger partial charge in [0.1, 0.15) is 0 Å². The Morgan fingerprint density at radius 3 is 2.60 bits per heavy atom. The van der Waals surface area contributed by atoms with E-state index in [9.17, 15) is 9.59 Å². The van der Waals surface area contributed by atoms with Gasteiger partial charge in [0.25, 0.3) is 5.91 Å². The van der Waals surface area contributed by atoms with E-state index in [4.69, 9.17) is 15.0 Å². The first-order chi connectivity index (χ1) is 14.7. The minimum absolute atomic E-state index is 0.385. The highest BCUT2D eigenvalue weighted by Gasteiger charge is 2.23. The van der Waals surface area contributed by atoms with E-state index in [1.165, 1.54) is 0 Å². The van der Waals surface area contributed by atoms with Gasteiger partial charge in [0.05, 0.1) is 22.7 Å². The SMILES string of the molecule is N#Cc1ccc(NC(=O)COC(=O)c2c3c(nc4ccccc24)CCCCC3)cc1. The van der Waals surface area contributed by atoms with E-state index < -0.39 is 11.9 Å². The molecule has 3 aromatic rings. The molecule has 1 heterocycles. The summed E-state index contributed by atoms with van der Waals surface area (Å²) in [5, 5.41) is 12.3. The van der Waals surface area contributed by atoms with Crippen LogP contribution in [0, 0.1) is 11.3 Å². The van der Waals surface area contributed by atoms with Gasteiger partial charge >= 0.3 is 5.97 Å². The van der Waals surface area contributed by atoms with Crippen LogP contribution < -0.4 is 5.32 Å². The van der Waals surface area contributed by atoms with Gasteiger partial charge in [-0.3, -0.25) is 9.78 Å². The van der Waals surface area contributed by atoms with Crippen LogP contribution in [0.3, 0.4) is 0 Å². The number of carbonyl (C=O) groups excluding carboxylic acids is 2. The number of hydrogen-bond donors (Lipinski definition) is 1. The van der Waals surface area contributed by atoms with Crippen LogP contribution in [0.1, 0.15) is 46.4 Å². The number of benzene rings is 2. The summed E-state index contributed by atoms with van der Waals surface area (Å²) in [5.41, 5.74) is 4.25. The predicted octanol–water partition coefficient (Wildman–Crippen LogP) is 4.17. The molecule has 0 radical (unpaired) electrons. The average Bonchev–Trinajstić information content (AvgIpc) is 3.01. The van der Waals surface area contributed by atoms with Crippen LogP contribution in [0.2, 0.25) is 0 Å². The molecule has 2 aromatic carbocycles. The normalized spacial score (nSPS) is 13.0. The van der Waals surface area contributed by atoms with Crippen molar-refractivity contribution in [3.63, 3.8) is 0 Å². The smallest absolute Gasteiger partial charge is 0.339 e. The number of ether oxygens (including phenoxy) is 1. The summed E-state index contributed by atoms with van der Waals surface area (Å²) in [4.78, 5) is 30.0. The summed E-state index contributed by atoms with van der Waals surface area (Å²) in [7, 11) is 0. The quantitative estimate of drug-likeness (QED) is 0.525. The van der Waals surface area contributed by atoms with Gasteiger partial charge < -0.3 is 10.1 Å². The number of carbonyl (C=O) groups is 2. The van der Waals surface area contributed by atoms with E-state index in [0.29, 0.717) is 16.8 Å². The van der Waals surface area contributed by atoms with Crippen LogP contribution in [0.25, 0.3) is 10.9 Å². The topological polar surface area (TPSA) is 92.1 Å². The number of nitrogens with zero attached hydrogens (tertiary/aromatic N) is 2. The minimum Gasteiger partial charge on any atom is -0.452 e. The van der Waals surface area contributed by atoms with Crippen LogP contribution >= 0.6 is 0 Å². The molecular weight excluding hydrogens is 378 g/mol. The number of anilines is 1. The molecule has 6 nitrogen and oxygen atoms in total. The summed E-state index contributed by atoms with van der Waals surface area (Å²) in [6, 6.07) is 16.1. The molecule has 6 heteroatoms. The molecule has 1 amide bonds. The van der Waals surface area contributed by atoms with Crippen molar-refractivity contribution in [2.45, 2.75) is 32.1 Å². The first-order valence-electron chi connectivity index (χ1n) is 10.0. The highest BCUT2D eigenvalue weighted by molar-refractivity contribution is 6.06. The lowest BCUT2D eigenvalue weighted by molar-refractivity contribution is -0.119. The second-order valence-corrected chi connectivity index (χ2v) is 7.30. The third-order valence-corrected chi connectivity index (χ3v) is 5.26. The summed E-state index contributed by atoms with van der Waals surface area (Å²) in [6.07, 6.45) is 4.80. The molecule has 0 saturated heterocycles. The molecule has 150 valence electrons. The van der Waals surface area contributed by atoms with Crippen molar-refractivity contribution >= 4 is 28.5 Å². The van der Waals surface area contributed by atoms with Crippen LogP contribution in [0.5, 0.6) is 0 Å². The molecule has 1 aliphatic rings. The Hall–Kier alpha value is -3.72. The molecule has 0 bridgehead atoms. The second kappa shape index (κ2) is 8.75. The maximum Gasteiger partial charge on any atom is 0.339 e. The van der Waals surface area contributed by atoms with E-state index in [1.54, 1.807) is 24.3 Å². The second-order valence-electron chi connectivity index (χ2n) is 7.30. The van der Waals surface area contributed by atoms with Crippen molar-refractivity contribution in [3.05, 3.63) is 70.9 Å². The molecule has 0 spiro atoms. The maximum absolute atomic E-state index is 13.0. The fourth-order valence-electron chi connectivity index (χ4n) is 3.81. The van der Waals surface area contributed by atoms with Gasteiger partial charge in [0, 0.05) is 16.8 Å². The predicted molar refractivity (Wildman–Crippen MR) is 113 cm³/mol. The van der Waals surface area contributed by atoms with Gasteiger partial charge in [0.2, 0.25) is 0 Å². The van der Waals surface area contributed by atoms with Crippen LogP contribution in [0.4, 0.5) is 5.69 Å². The molecule has 0 saturated carbocycles. The lowest BCUT2D eigenvalue weighted by atomic mass is 9.97. The lowest BCUT2D eigenvalue weighted by Crippen LogP contribution is -2.22. The van der Waals surface area contributed by atoms with Crippen molar-refractivity contribution in [1.29, 1.82) is 5.26 Å². The number of hydrogen-bond acceptors (Lipinski definition) is 5. The Balaban J connectivity index is 1.53. The van der Waals surface area contributed by atoms with Crippen LogP contribution in [-0.2, 0) is 22.4 Å². The maximum atomic E-state index is 13.0. The number of aryl methyl sites for hydroxylation is 1. The summed E-state index contributed by atoms with van der Waals surface area (Å²) in [6.45, 7) is -0.385. The average molecular weight is 399 g/mol. The summed E-state index contributed by atoms with van der Waals surface area (Å²) in [5.74, 6) is -0.931. The largest absolute Gasteiger partial charge is 0.452 e. The Morgan fingerprint density at radius 1 is 1.03 bits per heavy atom. The van der Waals surface area contributed by atoms with E-state index in [1.807, 2.05) is 30.3 Å². The molecule has 0 fully saturated rings.